The predicted octanol–water partition coefficient (Wildman–Crippen LogP) is 3.09. The summed E-state index contributed by atoms with van der Waals surface area (Å²) in [6.07, 6.45) is 7.89. The Kier molecular flexibility index (Phi) is 12.6. The number of likely N-dealkylation sites (tertiary alicyclic amines) is 1. The quantitative estimate of drug-likeness (QED) is 0.158. The van der Waals surface area contributed by atoms with E-state index in [2.05, 4.69) is 27.1 Å². The van der Waals surface area contributed by atoms with Gasteiger partial charge in [-0.3, -0.25) is 44.0 Å². The number of nitrogens with one attached hydrogen (secondary N) is 1. The van der Waals surface area contributed by atoms with Crippen LogP contribution in [0.1, 0.15) is 58.4 Å². The summed E-state index contributed by atoms with van der Waals surface area (Å²) in [5.41, 5.74) is 3.06. The molecule has 2 N–H and O–H groups in total. The zero-order valence-corrected chi connectivity index (χ0v) is 32.4. The molecule has 0 bridgehead atoms. The van der Waals surface area contributed by atoms with Gasteiger partial charge in [-0.1, -0.05) is 0 Å². The molecule has 1 atom stereocenters. The normalized spacial score (nSPS) is 17.3. The SMILES string of the molecule is COc1cc(-c2cn(C)c(=O)c3cnccc23)cc(OC)c1CN(C)CCCN1CCC(Oc2ccc3c(c2)C(=O)N(C2CCC(=O)NC2=O)C3=O)CC1.O=CO. The molecule has 2 aromatic heterocycles. The molecule has 7 rings (SSSR count). The minimum Gasteiger partial charge on any atom is -0.496 e. The van der Waals surface area contributed by atoms with Crippen molar-refractivity contribution in [2.24, 2.45) is 7.05 Å². The number of hydrogen-bond acceptors (Lipinski definition) is 12. The molecule has 300 valence electrons. The molecule has 2 aromatic carbocycles. The van der Waals surface area contributed by atoms with Crippen LogP contribution in [-0.2, 0) is 28.0 Å². The fourth-order valence-corrected chi connectivity index (χ4v) is 7.72. The Labute approximate surface area is 328 Å². The minimum absolute atomic E-state index is 0.0290. The zero-order chi connectivity index (χ0) is 40.8. The van der Waals surface area contributed by atoms with Crippen molar-refractivity contribution in [3.63, 3.8) is 0 Å². The summed E-state index contributed by atoms with van der Waals surface area (Å²) in [4.78, 5) is 81.1. The average Bonchev–Trinajstić information content (AvgIpc) is 3.45. The Hall–Kier alpha value is -6.13. The molecule has 2 saturated heterocycles. The fraction of sp³-hybridized carbons (Fsp3) is 0.390. The number of carboxylic acid groups (broad SMARTS) is 1. The number of aromatic nitrogens is 2. The molecular weight excluding hydrogens is 736 g/mol. The number of fused-ring (bicyclic) bond motifs is 2. The van der Waals surface area contributed by atoms with Crippen molar-refractivity contribution < 1.29 is 43.3 Å². The van der Waals surface area contributed by atoms with Crippen LogP contribution in [0.3, 0.4) is 0 Å². The number of rotatable bonds is 12. The number of carbonyl (C=O) groups excluding carboxylic acids is 4. The van der Waals surface area contributed by atoms with Gasteiger partial charge in [-0.15, -0.1) is 0 Å². The van der Waals surface area contributed by atoms with E-state index in [1.165, 1.54) is 0 Å². The van der Waals surface area contributed by atoms with Crippen molar-refractivity contribution in [2.75, 3.05) is 47.4 Å². The molecule has 4 amide bonds. The average molecular weight is 783 g/mol. The second-order valence-electron chi connectivity index (χ2n) is 14.2. The van der Waals surface area contributed by atoms with E-state index in [0.29, 0.717) is 29.2 Å². The molecule has 4 aromatic rings. The summed E-state index contributed by atoms with van der Waals surface area (Å²) in [6, 6.07) is 9.70. The number of methoxy groups -OCH3 is 2. The molecule has 0 aliphatic carbocycles. The van der Waals surface area contributed by atoms with Gasteiger partial charge in [0.1, 0.15) is 29.4 Å². The van der Waals surface area contributed by atoms with E-state index in [1.54, 1.807) is 56.4 Å². The first kappa shape index (κ1) is 40.5. The number of ether oxygens (including phenoxy) is 3. The highest BCUT2D eigenvalue weighted by molar-refractivity contribution is 6.23. The zero-order valence-electron chi connectivity index (χ0n) is 32.4. The maximum absolute atomic E-state index is 13.2. The van der Waals surface area contributed by atoms with Crippen molar-refractivity contribution in [1.82, 2.24) is 29.6 Å². The molecule has 16 heteroatoms. The summed E-state index contributed by atoms with van der Waals surface area (Å²) in [5.74, 6) is -0.184. The number of piperidine rings is 2. The van der Waals surface area contributed by atoms with E-state index < -0.39 is 29.7 Å². The Morgan fingerprint density at radius 3 is 2.28 bits per heavy atom. The van der Waals surface area contributed by atoms with Crippen molar-refractivity contribution in [3.05, 3.63) is 82.0 Å². The Morgan fingerprint density at radius 1 is 0.930 bits per heavy atom. The van der Waals surface area contributed by atoms with Crippen molar-refractivity contribution in [3.8, 4) is 28.4 Å². The van der Waals surface area contributed by atoms with E-state index in [4.69, 9.17) is 24.1 Å². The van der Waals surface area contributed by atoms with E-state index in [0.717, 1.165) is 72.4 Å². The van der Waals surface area contributed by atoms with E-state index in [-0.39, 0.29) is 42.1 Å². The second-order valence-corrected chi connectivity index (χ2v) is 14.2. The number of nitrogens with zero attached hydrogens (tertiary/aromatic N) is 5. The topological polar surface area (TPSA) is 190 Å². The Balaban J connectivity index is 0.00000177. The third kappa shape index (κ3) is 8.66. The monoisotopic (exact) mass is 782 g/mol. The second kappa shape index (κ2) is 17.8. The number of imide groups is 2. The van der Waals surface area contributed by atoms with Crippen molar-refractivity contribution in [2.45, 2.75) is 50.8 Å². The van der Waals surface area contributed by atoms with E-state index >= 15 is 0 Å². The molecule has 0 saturated carbocycles. The summed E-state index contributed by atoms with van der Waals surface area (Å²) in [6.45, 7) is 3.92. The molecule has 3 aliphatic rings. The van der Waals surface area contributed by atoms with Gasteiger partial charge in [0.2, 0.25) is 11.8 Å². The van der Waals surface area contributed by atoms with Crippen LogP contribution >= 0.6 is 0 Å². The summed E-state index contributed by atoms with van der Waals surface area (Å²) in [7, 11) is 7.12. The molecule has 2 fully saturated rings. The van der Waals surface area contributed by atoms with Gasteiger partial charge in [0, 0.05) is 57.3 Å². The third-order valence-electron chi connectivity index (χ3n) is 10.6. The number of amides is 4. The molecule has 57 heavy (non-hydrogen) atoms. The highest BCUT2D eigenvalue weighted by atomic mass is 16.5. The summed E-state index contributed by atoms with van der Waals surface area (Å²) >= 11 is 0. The lowest BCUT2D eigenvalue weighted by Gasteiger charge is -2.32. The van der Waals surface area contributed by atoms with Gasteiger partial charge in [-0.2, -0.15) is 0 Å². The largest absolute Gasteiger partial charge is 0.496 e. The van der Waals surface area contributed by atoms with Crippen LogP contribution in [0.5, 0.6) is 17.2 Å². The lowest BCUT2D eigenvalue weighted by Crippen LogP contribution is -2.54. The van der Waals surface area contributed by atoms with Gasteiger partial charge in [0.15, 0.2) is 0 Å². The smallest absolute Gasteiger partial charge is 0.290 e. The molecule has 1 unspecified atom stereocenters. The number of benzene rings is 2. The Morgan fingerprint density at radius 2 is 1.61 bits per heavy atom. The maximum atomic E-state index is 13.2. The third-order valence-corrected chi connectivity index (χ3v) is 10.6. The van der Waals surface area contributed by atoms with Crippen LogP contribution in [0.15, 0.2) is 59.8 Å². The summed E-state index contributed by atoms with van der Waals surface area (Å²) < 4.78 is 19.6. The van der Waals surface area contributed by atoms with Gasteiger partial charge in [0.25, 0.3) is 23.8 Å². The van der Waals surface area contributed by atoms with Crippen LogP contribution in [0.25, 0.3) is 21.9 Å². The lowest BCUT2D eigenvalue weighted by atomic mass is 9.99. The first-order chi connectivity index (χ1) is 27.5. The lowest BCUT2D eigenvalue weighted by molar-refractivity contribution is -0.136. The van der Waals surface area contributed by atoms with E-state index in [1.807, 2.05) is 24.4 Å². The minimum atomic E-state index is -1.00. The van der Waals surface area contributed by atoms with Crippen LogP contribution in [-0.4, -0.2) is 119 Å². The molecule has 3 aliphatic heterocycles. The highest BCUT2D eigenvalue weighted by Crippen LogP contribution is 2.38. The number of hydrogen-bond donors (Lipinski definition) is 2. The molecular formula is C41H46N6O10. The van der Waals surface area contributed by atoms with Crippen LogP contribution < -0.4 is 25.1 Å². The van der Waals surface area contributed by atoms with Gasteiger partial charge in [0.05, 0.1) is 36.3 Å². The standard InChI is InChI=1S/C40H44N6O8.CH2O2/c1-43(22-32-34(52-3)18-24(19-35(32)53-4)31-23-44(2)38(49)30-21-41-13-10-27(30)31)14-5-15-45-16-11-25(12-17-45)54-26-6-7-28-29(20-26)40(51)46(39(28)50)33-8-9-36(47)42-37(33)48;2-1-3/h6-7,10,13,18-21,23,25,33H,5,8-9,11-12,14-17,22H2,1-4H3,(H,42,47,48);1H,(H,2,3). The molecule has 5 heterocycles. The van der Waals surface area contributed by atoms with Gasteiger partial charge < -0.3 is 33.7 Å². The van der Waals surface area contributed by atoms with E-state index in [9.17, 15) is 24.0 Å². The number of aryl methyl sites for hydroxylation is 1. The van der Waals surface area contributed by atoms with Gasteiger partial charge in [-0.25, -0.2) is 0 Å². The first-order valence-corrected chi connectivity index (χ1v) is 18.7. The number of pyridine rings is 2. The summed E-state index contributed by atoms with van der Waals surface area (Å²) in [5, 5.41) is 10.5. The van der Waals surface area contributed by atoms with Crippen LogP contribution in [0, 0.1) is 0 Å². The van der Waals surface area contributed by atoms with Crippen molar-refractivity contribution in [1.29, 1.82) is 0 Å². The maximum Gasteiger partial charge on any atom is 0.290 e. The van der Waals surface area contributed by atoms with Gasteiger partial charge in [-0.05, 0) is 93.2 Å². The first-order valence-electron chi connectivity index (χ1n) is 18.7. The van der Waals surface area contributed by atoms with Crippen molar-refractivity contribution >= 4 is 40.9 Å². The molecule has 0 spiro atoms. The Bertz CT molecular complexity index is 2220. The number of carbonyl (C=O) groups is 5. The molecule has 0 radical (unpaired) electrons. The fourth-order valence-electron chi connectivity index (χ4n) is 7.72. The van der Waals surface area contributed by atoms with Gasteiger partial charge >= 0.3 is 0 Å². The van der Waals surface area contributed by atoms with Crippen LogP contribution in [0.4, 0.5) is 0 Å². The predicted molar refractivity (Wildman–Crippen MR) is 208 cm³/mol. The molecule has 16 nitrogen and oxygen atoms in total. The highest BCUT2D eigenvalue weighted by Gasteiger charge is 2.44. The van der Waals surface area contributed by atoms with Crippen LogP contribution in [0.2, 0.25) is 0 Å².